The van der Waals surface area contributed by atoms with Crippen molar-refractivity contribution in [3.63, 3.8) is 0 Å². The minimum Gasteiger partial charge on any atom is -0.492 e. The van der Waals surface area contributed by atoms with Gasteiger partial charge in [-0.15, -0.1) is 0 Å². The van der Waals surface area contributed by atoms with Crippen molar-refractivity contribution in [1.82, 2.24) is 5.32 Å². The molecular formula is C16H19NO7. The van der Waals surface area contributed by atoms with E-state index in [-0.39, 0.29) is 18.1 Å². The molecule has 1 saturated carbocycles. The highest BCUT2D eigenvalue weighted by molar-refractivity contribution is 6.01. The molecule has 3 aliphatic rings. The summed E-state index contributed by atoms with van der Waals surface area (Å²) in [5, 5.41) is 32.9. The first-order valence-electron chi connectivity index (χ1n) is 7.88. The standard InChI is InChI=1S/C16H19NO7/c1-22-15-10-6(5-9-14(15)24-3-2-23-9)7-4-8(18)12(19)13(20)11(7)17-16(10)21/h5,7-8,11-13,18-20H,2-4H2,1H3,(H,17,21). The van der Waals surface area contributed by atoms with Gasteiger partial charge in [0.05, 0.1) is 24.8 Å². The van der Waals surface area contributed by atoms with Crippen LogP contribution in [0.1, 0.15) is 28.3 Å². The van der Waals surface area contributed by atoms with Gasteiger partial charge in [0.1, 0.15) is 25.4 Å². The molecule has 4 rings (SSSR count). The Balaban J connectivity index is 1.88. The molecule has 5 atom stereocenters. The number of carbonyl (C=O) groups excluding carboxylic acids is 1. The first-order valence-corrected chi connectivity index (χ1v) is 7.88. The number of amides is 1. The summed E-state index contributed by atoms with van der Waals surface area (Å²) in [6, 6.07) is 1.02. The lowest BCUT2D eigenvalue weighted by molar-refractivity contribution is -0.104. The minimum absolute atomic E-state index is 0.207. The van der Waals surface area contributed by atoms with Crippen LogP contribution in [-0.4, -0.2) is 65.9 Å². The molecule has 0 radical (unpaired) electrons. The van der Waals surface area contributed by atoms with Crippen molar-refractivity contribution in [1.29, 1.82) is 0 Å². The van der Waals surface area contributed by atoms with Crippen LogP contribution in [0.2, 0.25) is 0 Å². The van der Waals surface area contributed by atoms with Gasteiger partial charge in [0, 0.05) is 5.92 Å². The number of carbonyl (C=O) groups is 1. The van der Waals surface area contributed by atoms with Gasteiger partial charge in [0.2, 0.25) is 5.75 Å². The van der Waals surface area contributed by atoms with Gasteiger partial charge in [-0.3, -0.25) is 4.79 Å². The summed E-state index contributed by atoms with van der Waals surface area (Å²) in [5.74, 6) is 0.361. The van der Waals surface area contributed by atoms with E-state index in [1.807, 2.05) is 0 Å². The molecule has 2 heterocycles. The summed E-state index contributed by atoms with van der Waals surface area (Å²) in [7, 11) is 1.45. The van der Waals surface area contributed by atoms with Crippen molar-refractivity contribution in [3.8, 4) is 17.2 Å². The lowest BCUT2D eigenvalue weighted by atomic mass is 9.72. The molecule has 8 nitrogen and oxygen atoms in total. The summed E-state index contributed by atoms with van der Waals surface area (Å²) in [6.45, 7) is 0.749. The van der Waals surface area contributed by atoms with Crippen molar-refractivity contribution in [2.24, 2.45) is 0 Å². The fourth-order valence-electron chi connectivity index (χ4n) is 3.85. The van der Waals surface area contributed by atoms with Crippen molar-refractivity contribution < 1.29 is 34.3 Å². The zero-order valence-corrected chi connectivity index (χ0v) is 13.1. The zero-order valence-electron chi connectivity index (χ0n) is 13.1. The van der Waals surface area contributed by atoms with E-state index >= 15 is 0 Å². The third kappa shape index (κ3) is 2.07. The Morgan fingerprint density at radius 3 is 2.71 bits per heavy atom. The van der Waals surface area contributed by atoms with Crippen LogP contribution in [-0.2, 0) is 0 Å². The SMILES string of the molecule is COc1c2c(cc3c1C(=O)NC1C3CC(O)C(O)C1O)OCCO2. The van der Waals surface area contributed by atoms with E-state index < -0.39 is 30.3 Å². The highest BCUT2D eigenvalue weighted by atomic mass is 16.6. The number of methoxy groups -OCH3 is 1. The van der Waals surface area contributed by atoms with Gasteiger partial charge in [0.25, 0.3) is 5.91 Å². The van der Waals surface area contributed by atoms with Gasteiger partial charge in [-0.25, -0.2) is 0 Å². The second-order valence-electron chi connectivity index (χ2n) is 6.29. The van der Waals surface area contributed by atoms with E-state index in [9.17, 15) is 20.1 Å². The molecule has 0 saturated heterocycles. The molecule has 1 aliphatic carbocycles. The summed E-state index contributed by atoms with van der Waals surface area (Å²) >= 11 is 0. The number of fused-ring (bicyclic) bond motifs is 4. The number of aliphatic hydroxyl groups is 3. The van der Waals surface area contributed by atoms with Gasteiger partial charge in [-0.05, 0) is 18.1 Å². The fourth-order valence-corrected chi connectivity index (χ4v) is 3.85. The molecule has 1 amide bonds. The molecule has 1 aromatic rings. The topological polar surface area (TPSA) is 117 Å². The van der Waals surface area contributed by atoms with E-state index in [4.69, 9.17) is 14.2 Å². The monoisotopic (exact) mass is 337 g/mol. The molecule has 8 heteroatoms. The minimum atomic E-state index is -1.30. The zero-order chi connectivity index (χ0) is 17.0. The van der Waals surface area contributed by atoms with Crippen molar-refractivity contribution in [2.45, 2.75) is 36.7 Å². The number of rotatable bonds is 1. The van der Waals surface area contributed by atoms with Gasteiger partial charge in [0.15, 0.2) is 11.5 Å². The van der Waals surface area contributed by atoms with Crippen LogP contribution < -0.4 is 19.5 Å². The molecule has 130 valence electrons. The fraction of sp³-hybridized carbons (Fsp3) is 0.562. The Hall–Kier alpha value is -2.03. The molecule has 4 N–H and O–H groups in total. The van der Waals surface area contributed by atoms with Crippen LogP contribution in [0.15, 0.2) is 6.07 Å². The van der Waals surface area contributed by atoms with Crippen LogP contribution in [0.4, 0.5) is 0 Å². The molecule has 5 unspecified atom stereocenters. The first kappa shape index (κ1) is 15.5. The Bertz CT molecular complexity index is 691. The quantitative estimate of drug-likeness (QED) is 0.527. The number of hydrogen-bond acceptors (Lipinski definition) is 7. The summed E-state index contributed by atoms with van der Waals surface area (Å²) in [5.41, 5.74) is 0.939. The summed E-state index contributed by atoms with van der Waals surface area (Å²) < 4.78 is 16.6. The van der Waals surface area contributed by atoms with E-state index in [1.54, 1.807) is 6.07 Å². The Morgan fingerprint density at radius 2 is 1.96 bits per heavy atom. The second-order valence-corrected chi connectivity index (χ2v) is 6.29. The van der Waals surface area contributed by atoms with Crippen LogP contribution in [0.25, 0.3) is 0 Å². The number of ether oxygens (including phenoxy) is 3. The molecule has 24 heavy (non-hydrogen) atoms. The van der Waals surface area contributed by atoms with Gasteiger partial charge < -0.3 is 34.8 Å². The Kier molecular flexibility index (Phi) is 3.56. The maximum Gasteiger partial charge on any atom is 0.255 e. The number of hydrogen-bond donors (Lipinski definition) is 4. The van der Waals surface area contributed by atoms with Crippen LogP contribution in [0, 0.1) is 0 Å². The third-order valence-corrected chi connectivity index (χ3v) is 4.99. The first-order chi connectivity index (χ1) is 11.5. The van der Waals surface area contributed by atoms with Crippen molar-refractivity contribution in [2.75, 3.05) is 20.3 Å². The Morgan fingerprint density at radius 1 is 1.21 bits per heavy atom. The predicted molar refractivity (Wildman–Crippen MR) is 80.6 cm³/mol. The summed E-state index contributed by atoms with van der Waals surface area (Å²) in [4.78, 5) is 12.6. The van der Waals surface area contributed by atoms with Crippen LogP contribution >= 0.6 is 0 Å². The lowest BCUT2D eigenvalue weighted by Gasteiger charge is -2.45. The van der Waals surface area contributed by atoms with Gasteiger partial charge in [-0.1, -0.05) is 0 Å². The lowest BCUT2D eigenvalue weighted by Crippen LogP contribution is -2.61. The third-order valence-electron chi connectivity index (χ3n) is 4.99. The normalized spacial score (nSPS) is 34.0. The molecule has 0 bridgehead atoms. The number of nitrogens with one attached hydrogen (secondary N) is 1. The average Bonchev–Trinajstić information content (AvgIpc) is 2.59. The molecular weight excluding hydrogens is 318 g/mol. The molecule has 2 aliphatic heterocycles. The van der Waals surface area contributed by atoms with Gasteiger partial charge in [-0.2, -0.15) is 0 Å². The molecule has 1 fully saturated rings. The van der Waals surface area contributed by atoms with Crippen molar-refractivity contribution in [3.05, 3.63) is 17.2 Å². The molecule has 1 aromatic carbocycles. The highest BCUT2D eigenvalue weighted by Gasteiger charge is 2.49. The number of aliphatic hydroxyl groups excluding tert-OH is 3. The largest absolute Gasteiger partial charge is 0.492 e. The predicted octanol–water partition coefficient (Wildman–Crippen LogP) is -0.852. The second kappa shape index (κ2) is 5.51. The van der Waals surface area contributed by atoms with E-state index in [1.165, 1.54) is 7.11 Å². The summed E-state index contributed by atoms with van der Waals surface area (Å²) in [6.07, 6.45) is -3.43. The van der Waals surface area contributed by atoms with Crippen LogP contribution in [0.3, 0.4) is 0 Å². The molecule has 0 aromatic heterocycles. The average molecular weight is 337 g/mol. The molecule has 0 spiro atoms. The highest BCUT2D eigenvalue weighted by Crippen LogP contribution is 2.49. The Labute approximate surface area is 137 Å². The van der Waals surface area contributed by atoms with E-state index in [0.29, 0.717) is 35.8 Å². The van der Waals surface area contributed by atoms with E-state index in [0.717, 1.165) is 0 Å². The maximum atomic E-state index is 12.6. The van der Waals surface area contributed by atoms with Crippen LogP contribution in [0.5, 0.6) is 17.2 Å². The maximum absolute atomic E-state index is 12.6. The van der Waals surface area contributed by atoms with Gasteiger partial charge >= 0.3 is 0 Å². The number of benzene rings is 1. The van der Waals surface area contributed by atoms with E-state index in [2.05, 4.69) is 5.32 Å². The smallest absolute Gasteiger partial charge is 0.255 e. The van der Waals surface area contributed by atoms with Crippen molar-refractivity contribution >= 4 is 5.91 Å².